The van der Waals surface area contributed by atoms with Gasteiger partial charge in [-0.05, 0) is 42.5 Å². The van der Waals surface area contributed by atoms with Crippen molar-refractivity contribution in [3.8, 4) is 5.75 Å². The Balaban J connectivity index is 1.90. The lowest BCUT2D eigenvalue weighted by atomic mass is 10.3. The van der Waals surface area contributed by atoms with Crippen LogP contribution < -0.4 is 15.8 Å². The summed E-state index contributed by atoms with van der Waals surface area (Å²) in [5.74, 6) is -0.565. The lowest BCUT2D eigenvalue weighted by Gasteiger charge is -2.09. The van der Waals surface area contributed by atoms with Gasteiger partial charge in [0, 0.05) is 11.4 Å². The number of rotatable bonds is 4. The van der Waals surface area contributed by atoms with Crippen LogP contribution in [0.3, 0.4) is 0 Å². The molecule has 6 heteroatoms. The lowest BCUT2D eigenvalue weighted by Crippen LogP contribution is -2.20. The minimum absolute atomic E-state index is 0.116. The van der Waals surface area contributed by atoms with Gasteiger partial charge in [-0.15, -0.1) is 0 Å². The zero-order valence-electron chi connectivity index (χ0n) is 10.4. The van der Waals surface area contributed by atoms with Crippen molar-refractivity contribution in [1.82, 2.24) is 0 Å². The van der Waals surface area contributed by atoms with Crippen LogP contribution >= 0.6 is 11.6 Å². The summed E-state index contributed by atoms with van der Waals surface area (Å²) in [5, 5.41) is 2.75. The second-order valence-corrected chi connectivity index (χ2v) is 4.44. The Kier molecular flexibility index (Phi) is 4.42. The summed E-state index contributed by atoms with van der Waals surface area (Å²) in [7, 11) is 0. The van der Waals surface area contributed by atoms with Crippen molar-refractivity contribution < 1.29 is 13.9 Å². The summed E-state index contributed by atoms with van der Waals surface area (Å²) in [6.07, 6.45) is 0. The Hall–Kier alpha value is -2.27. The molecule has 2 rings (SSSR count). The van der Waals surface area contributed by atoms with Crippen LogP contribution in [0.2, 0.25) is 5.02 Å². The predicted molar refractivity (Wildman–Crippen MR) is 76.4 cm³/mol. The molecule has 0 fully saturated rings. The zero-order valence-corrected chi connectivity index (χ0v) is 11.2. The first kappa shape index (κ1) is 14.1. The number of amides is 1. The SMILES string of the molecule is Nc1ccc(NC(=O)COc2ccc(F)cc2Cl)cc1. The molecule has 0 aromatic heterocycles. The third-order valence-electron chi connectivity index (χ3n) is 2.45. The Morgan fingerprint density at radius 2 is 1.95 bits per heavy atom. The van der Waals surface area contributed by atoms with Gasteiger partial charge >= 0.3 is 0 Å². The van der Waals surface area contributed by atoms with Crippen LogP contribution in [-0.2, 0) is 4.79 Å². The van der Waals surface area contributed by atoms with Crippen molar-refractivity contribution in [3.05, 3.63) is 53.3 Å². The topological polar surface area (TPSA) is 64.3 Å². The predicted octanol–water partition coefficient (Wildman–Crippen LogP) is 3.08. The van der Waals surface area contributed by atoms with Crippen LogP contribution in [0.1, 0.15) is 0 Å². The van der Waals surface area contributed by atoms with E-state index < -0.39 is 5.82 Å². The highest BCUT2D eigenvalue weighted by Gasteiger charge is 2.07. The molecule has 0 spiro atoms. The number of carbonyl (C=O) groups excluding carboxylic acids is 1. The van der Waals surface area contributed by atoms with Gasteiger partial charge in [-0.1, -0.05) is 11.6 Å². The maximum atomic E-state index is 12.8. The van der Waals surface area contributed by atoms with E-state index in [2.05, 4.69) is 5.32 Å². The third kappa shape index (κ3) is 3.86. The molecule has 0 saturated carbocycles. The molecule has 2 aromatic rings. The summed E-state index contributed by atoms with van der Waals surface area (Å²) < 4.78 is 18.1. The van der Waals surface area contributed by atoms with Crippen molar-refractivity contribution in [3.63, 3.8) is 0 Å². The molecule has 0 bridgehead atoms. The average molecular weight is 295 g/mol. The number of halogens is 2. The zero-order chi connectivity index (χ0) is 14.5. The summed E-state index contributed by atoms with van der Waals surface area (Å²) >= 11 is 5.78. The highest BCUT2D eigenvalue weighted by atomic mass is 35.5. The van der Waals surface area contributed by atoms with Crippen LogP contribution in [0.15, 0.2) is 42.5 Å². The van der Waals surface area contributed by atoms with Gasteiger partial charge in [-0.2, -0.15) is 0 Å². The largest absolute Gasteiger partial charge is 0.482 e. The summed E-state index contributed by atoms with van der Waals surface area (Å²) in [4.78, 5) is 11.7. The van der Waals surface area contributed by atoms with E-state index >= 15 is 0 Å². The molecule has 0 heterocycles. The van der Waals surface area contributed by atoms with Crippen molar-refractivity contribution in [2.24, 2.45) is 0 Å². The lowest BCUT2D eigenvalue weighted by molar-refractivity contribution is -0.118. The van der Waals surface area contributed by atoms with Gasteiger partial charge in [0.05, 0.1) is 5.02 Å². The number of nitrogens with two attached hydrogens (primary N) is 1. The van der Waals surface area contributed by atoms with Crippen LogP contribution in [0.5, 0.6) is 5.75 Å². The number of nitrogen functional groups attached to an aromatic ring is 1. The minimum atomic E-state index is -0.464. The van der Waals surface area contributed by atoms with E-state index in [1.54, 1.807) is 24.3 Å². The first-order valence-corrected chi connectivity index (χ1v) is 6.15. The third-order valence-corrected chi connectivity index (χ3v) is 2.74. The first-order valence-electron chi connectivity index (χ1n) is 5.78. The summed E-state index contributed by atoms with van der Waals surface area (Å²) in [5.41, 5.74) is 6.76. The van der Waals surface area contributed by atoms with E-state index in [0.717, 1.165) is 6.07 Å². The molecule has 0 aliphatic heterocycles. The molecule has 0 saturated heterocycles. The van der Waals surface area contributed by atoms with Gasteiger partial charge in [0.15, 0.2) is 6.61 Å². The monoisotopic (exact) mass is 294 g/mol. The summed E-state index contributed by atoms with van der Waals surface area (Å²) in [6.45, 7) is -0.226. The highest BCUT2D eigenvalue weighted by molar-refractivity contribution is 6.32. The van der Waals surface area contributed by atoms with Crippen LogP contribution in [-0.4, -0.2) is 12.5 Å². The maximum Gasteiger partial charge on any atom is 0.262 e. The number of anilines is 2. The number of nitrogens with one attached hydrogen (secondary N) is 1. The van der Waals surface area contributed by atoms with Gasteiger partial charge in [0.1, 0.15) is 11.6 Å². The van der Waals surface area contributed by atoms with E-state index in [0.29, 0.717) is 11.4 Å². The second-order valence-electron chi connectivity index (χ2n) is 4.03. The molecule has 0 aliphatic carbocycles. The van der Waals surface area contributed by atoms with Gasteiger partial charge in [-0.25, -0.2) is 4.39 Å². The maximum absolute atomic E-state index is 12.8. The molecule has 0 unspecified atom stereocenters. The van der Waals surface area contributed by atoms with Gasteiger partial charge in [0.2, 0.25) is 0 Å². The van der Waals surface area contributed by atoms with E-state index in [4.69, 9.17) is 22.1 Å². The fraction of sp³-hybridized carbons (Fsp3) is 0.0714. The van der Waals surface area contributed by atoms with Crippen molar-refractivity contribution in [2.45, 2.75) is 0 Å². The Morgan fingerprint density at radius 1 is 1.25 bits per heavy atom. The normalized spacial score (nSPS) is 10.1. The van der Waals surface area contributed by atoms with Crippen molar-refractivity contribution >= 4 is 28.9 Å². The fourth-order valence-electron chi connectivity index (χ4n) is 1.50. The molecule has 20 heavy (non-hydrogen) atoms. The standard InChI is InChI=1S/C14H12ClFN2O2/c15-12-7-9(16)1-6-13(12)20-8-14(19)18-11-4-2-10(17)3-5-11/h1-7H,8,17H2,(H,18,19). The minimum Gasteiger partial charge on any atom is -0.482 e. The number of hydrogen-bond donors (Lipinski definition) is 2. The van der Waals surface area contributed by atoms with Gasteiger partial charge in [-0.3, -0.25) is 4.79 Å². The van der Waals surface area contributed by atoms with Crippen LogP contribution in [0.25, 0.3) is 0 Å². The molecule has 4 nitrogen and oxygen atoms in total. The molecule has 2 aromatic carbocycles. The molecule has 0 radical (unpaired) electrons. The molecule has 1 amide bonds. The quantitative estimate of drug-likeness (QED) is 0.852. The molecule has 0 atom stereocenters. The van der Waals surface area contributed by atoms with Crippen molar-refractivity contribution in [2.75, 3.05) is 17.7 Å². The van der Waals surface area contributed by atoms with E-state index in [1.807, 2.05) is 0 Å². The molecular formula is C14H12ClFN2O2. The average Bonchev–Trinajstić information content (AvgIpc) is 2.40. The number of carbonyl (C=O) groups is 1. The molecular weight excluding hydrogens is 283 g/mol. The van der Waals surface area contributed by atoms with Crippen LogP contribution in [0.4, 0.5) is 15.8 Å². The first-order chi connectivity index (χ1) is 9.54. The molecule has 3 N–H and O–H groups in total. The van der Waals surface area contributed by atoms with E-state index in [1.165, 1.54) is 12.1 Å². The van der Waals surface area contributed by atoms with Gasteiger partial charge in [0.25, 0.3) is 5.91 Å². The Morgan fingerprint density at radius 3 is 2.60 bits per heavy atom. The fourth-order valence-corrected chi connectivity index (χ4v) is 1.72. The number of hydrogen-bond acceptors (Lipinski definition) is 3. The highest BCUT2D eigenvalue weighted by Crippen LogP contribution is 2.24. The number of benzene rings is 2. The Labute approximate surface area is 120 Å². The van der Waals surface area contributed by atoms with Crippen LogP contribution in [0, 0.1) is 5.82 Å². The van der Waals surface area contributed by atoms with Crippen molar-refractivity contribution in [1.29, 1.82) is 0 Å². The number of ether oxygens (including phenoxy) is 1. The summed E-state index contributed by atoms with van der Waals surface area (Å²) in [6, 6.07) is 10.4. The van der Waals surface area contributed by atoms with E-state index in [-0.39, 0.29) is 23.3 Å². The molecule has 0 aliphatic rings. The second kappa shape index (κ2) is 6.25. The Bertz CT molecular complexity index is 617. The smallest absolute Gasteiger partial charge is 0.262 e. The van der Waals surface area contributed by atoms with Gasteiger partial charge < -0.3 is 15.8 Å². The van der Waals surface area contributed by atoms with E-state index in [9.17, 15) is 9.18 Å². The molecule has 104 valence electrons.